The van der Waals surface area contributed by atoms with Gasteiger partial charge in [0.05, 0.1) is 17.7 Å². The average Bonchev–Trinajstić information content (AvgIpc) is 3.41. The maximum atomic E-state index is 13.6. The highest BCUT2D eigenvalue weighted by molar-refractivity contribution is 5.95. The Morgan fingerprint density at radius 3 is 2.63 bits per heavy atom. The second-order valence-electron chi connectivity index (χ2n) is 8.68. The van der Waals surface area contributed by atoms with Crippen LogP contribution in [-0.2, 0) is 0 Å². The third kappa shape index (κ3) is 3.39. The highest BCUT2D eigenvalue weighted by Gasteiger charge is 2.28. The molecule has 3 aromatic heterocycles. The lowest BCUT2D eigenvalue weighted by molar-refractivity contribution is 0.196. The third-order valence-corrected chi connectivity index (χ3v) is 6.70. The van der Waals surface area contributed by atoms with Crippen molar-refractivity contribution in [3.05, 3.63) is 54.5 Å². The predicted octanol–water partition coefficient (Wildman–Crippen LogP) is 5.50. The van der Waals surface area contributed by atoms with Crippen molar-refractivity contribution in [3.8, 4) is 11.3 Å². The zero-order valence-corrected chi connectivity index (χ0v) is 17.6. The van der Waals surface area contributed by atoms with E-state index >= 15 is 0 Å². The predicted molar refractivity (Wildman–Crippen MR) is 119 cm³/mol. The Kier molecular flexibility index (Phi) is 5.03. The highest BCUT2D eigenvalue weighted by atomic mass is 19.1. The molecule has 6 heteroatoms. The Hall–Kier alpha value is -2.73. The molecule has 0 amide bonds. The van der Waals surface area contributed by atoms with Crippen LogP contribution >= 0.6 is 0 Å². The van der Waals surface area contributed by atoms with Crippen LogP contribution in [0.2, 0.25) is 0 Å². The third-order valence-electron chi connectivity index (χ3n) is 6.70. The number of pyridine rings is 1. The molecule has 3 heterocycles. The molecule has 0 radical (unpaired) electrons. The zero-order valence-electron chi connectivity index (χ0n) is 17.6. The number of rotatable bonds is 4. The summed E-state index contributed by atoms with van der Waals surface area (Å²) in [6, 6.07) is 5.24. The van der Waals surface area contributed by atoms with E-state index in [9.17, 15) is 4.39 Å². The van der Waals surface area contributed by atoms with Crippen LogP contribution in [-0.4, -0.2) is 44.6 Å². The molecule has 5 nitrogen and oxygen atoms in total. The smallest absolute Gasteiger partial charge is 0.137 e. The summed E-state index contributed by atoms with van der Waals surface area (Å²) in [6.07, 6.45) is 15.1. The van der Waals surface area contributed by atoms with Crippen LogP contribution in [0.1, 0.15) is 50.3 Å². The van der Waals surface area contributed by atoms with Gasteiger partial charge in [-0.25, -0.2) is 14.4 Å². The molecule has 30 heavy (non-hydrogen) atoms. The first-order valence-corrected chi connectivity index (χ1v) is 10.8. The first-order valence-electron chi connectivity index (χ1n) is 10.8. The van der Waals surface area contributed by atoms with E-state index in [0.717, 1.165) is 46.4 Å². The minimum atomic E-state index is -0.0568. The summed E-state index contributed by atoms with van der Waals surface area (Å²) < 4.78 is 16.0. The van der Waals surface area contributed by atoms with Gasteiger partial charge in [-0.15, -0.1) is 0 Å². The summed E-state index contributed by atoms with van der Waals surface area (Å²) in [7, 11) is 4.35. The number of nitrogens with one attached hydrogen (secondary N) is 1. The fraction of sp³-hybridized carbons (Fsp3) is 0.417. The molecule has 0 saturated heterocycles. The van der Waals surface area contributed by atoms with E-state index < -0.39 is 0 Å². The maximum Gasteiger partial charge on any atom is 0.137 e. The molecular weight excluding hydrogens is 377 g/mol. The van der Waals surface area contributed by atoms with E-state index in [-0.39, 0.29) is 5.83 Å². The number of aromatic amines is 1. The SMILES string of the molecule is CN(C)[C@H]1CC[C@@H](n2cnc(C3=CC=C(F)CC3)c2-c2ccnc3[nH]ccc23)CC1. The number of nitrogens with zero attached hydrogens (tertiary/aromatic N) is 4. The summed E-state index contributed by atoms with van der Waals surface area (Å²) in [5.74, 6) is -0.0568. The number of allylic oxidation sites excluding steroid dienone is 4. The number of hydrogen-bond acceptors (Lipinski definition) is 3. The monoisotopic (exact) mass is 405 g/mol. The van der Waals surface area contributed by atoms with Gasteiger partial charge in [-0.3, -0.25) is 0 Å². The normalized spacial score (nSPS) is 22.4. The van der Waals surface area contributed by atoms with E-state index in [0.29, 0.717) is 24.9 Å². The first kappa shape index (κ1) is 19.2. The Bertz CT molecular complexity index is 1110. The maximum absolute atomic E-state index is 13.6. The Labute approximate surface area is 176 Å². The summed E-state index contributed by atoms with van der Waals surface area (Å²) in [5.41, 5.74) is 5.23. The second kappa shape index (κ2) is 7.84. The lowest BCUT2D eigenvalue weighted by Gasteiger charge is -2.34. The fourth-order valence-corrected chi connectivity index (χ4v) is 4.97. The average molecular weight is 406 g/mol. The van der Waals surface area contributed by atoms with Gasteiger partial charge in [0.1, 0.15) is 11.5 Å². The van der Waals surface area contributed by atoms with Gasteiger partial charge in [0.2, 0.25) is 0 Å². The van der Waals surface area contributed by atoms with Gasteiger partial charge in [0.15, 0.2) is 0 Å². The van der Waals surface area contributed by atoms with Gasteiger partial charge in [-0.1, -0.05) is 6.08 Å². The van der Waals surface area contributed by atoms with Gasteiger partial charge in [-0.2, -0.15) is 0 Å². The van der Waals surface area contributed by atoms with Crippen LogP contribution < -0.4 is 0 Å². The molecule has 1 N–H and O–H groups in total. The standard InChI is InChI=1S/C24H28FN5/c1-29(2)18-7-9-19(10-8-18)30-15-28-22(16-3-5-17(25)6-4-16)23(30)20-11-13-26-24-21(20)12-14-27-24/h3,5,11-15,18-19H,4,6-10H2,1-2H3,(H,26,27)/t18-,19+. The Morgan fingerprint density at radius 1 is 1.07 bits per heavy atom. The Morgan fingerprint density at radius 2 is 1.90 bits per heavy atom. The molecule has 0 atom stereocenters. The van der Waals surface area contributed by atoms with Gasteiger partial charge in [0, 0.05) is 41.8 Å². The van der Waals surface area contributed by atoms with E-state index in [4.69, 9.17) is 4.98 Å². The topological polar surface area (TPSA) is 49.7 Å². The molecule has 0 aromatic carbocycles. The van der Waals surface area contributed by atoms with Crippen LogP contribution in [0.25, 0.3) is 27.9 Å². The van der Waals surface area contributed by atoms with E-state index in [1.807, 2.05) is 24.8 Å². The van der Waals surface area contributed by atoms with Crippen molar-refractivity contribution in [1.82, 2.24) is 24.4 Å². The van der Waals surface area contributed by atoms with Crippen molar-refractivity contribution in [2.45, 2.75) is 50.6 Å². The lowest BCUT2D eigenvalue weighted by atomic mass is 9.89. The van der Waals surface area contributed by atoms with Crippen LogP contribution in [0.3, 0.4) is 0 Å². The van der Waals surface area contributed by atoms with Crippen LogP contribution in [0.5, 0.6) is 0 Å². The van der Waals surface area contributed by atoms with E-state index in [1.54, 1.807) is 6.08 Å². The van der Waals surface area contributed by atoms with Gasteiger partial charge >= 0.3 is 0 Å². The van der Waals surface area contributed by atoms with Crippen LogP contribution in [0, 0.1) is 0 Å². The molecular formula is C24H28FN5. The van der Waals surface area contributed by atoms with E-state index in [1.165, 1.54) is 12.8 Å². The summed E-state index contributed by atoms with van der Waals surface area (Å²) >= 11 is 0. The molecule has 0 bridgehead atoms. The molecule has 1 saturated carbocycles. The van der Waals surface area contributed by atoms with Crippen LogP contribution in [0.4, 0.5) is 4.39 Å². The number of fused-ring (bicyclic) bond motifs is 1. The molecule has 0 unspecified atom stereocenters. The van der Waals surface area contributed by atoms with Crippen molar-refractivity contribution >= 4 is 16.6 Å². The van der Waals surface area contributed by atoms with E-state index in [2.05, 4.69) is 45.7 Å². The summed E-state index contributed by atoms with van der Waals surface area (Å²) in [6.45, 7) is 0. The molecule has 2 aliphatic carbocycles. The summed E-state index contributed by atoms with van der Waals surface area (Å²) in [4.78, 5) is 14.9. The molecule has 1 fully saturated rings. The minimum absolute atomic E-state index is 0.0568. The van der Waals surface area contributed by atoms with Crippen molar-refractivity contribution in [2.75, 3.05) is 14.1 Å². The second-order valence-corrected chi connectivity index (χ2v) is 8.68. The molecule has 3 aromatic rings. The molecule has 156 valence electrons. The number of H-pyrrole nitrogens is 1. The highest BCUT2D eigenvalue weighted by Crippen LogP contribution is 2.40. The van der Waals surface area contributed by atoms with Crippen molar-refractivity contribution in [3.63, 3.8) is 0 Å². The largest absolute Gasteiger partial charge is 0.346 e. The zero-order chi connectivity index (χ0) is 20.7. The number of hydrogen-bond donors (Lipinski definition) is 1. The van der Waals surface area contributed by atoms with Gasteiger partial charge in [0.25, 0.3) is 0 Å². The van der Waals surface area contributed by atoms with Crippen molar-refractivity contribution in [2.24, 2.45) is 0 Å². The molecule has 0 aliphatic heterocycles. The quantitative estimate of drug-likeness (QED) is 0.623. The first-order chi connectivity index (χ1) is 14.6. The lowest BCUT2D eigenvalue weighted by Crippen LogP contribution is -2.32. The number of halogens is 1. The number of aromatic nitrogens is 4. The molecule has 0 spiro atoms. The number of imidazole rings is 1. The van der Waals surface area contributed by atoms with Crippen LogP contribution in [0.15, 0.2) is 48.8 Å². The van der Waals surface area contributed by atoms with Gasteiger partial charge in [-0.05, 0) is 70.0 Å². The molecule has 5 rings (SSSR count). The van der Waals surface area contributed by atoms with Crippen molar-refractivity contribution < 1.29 is 4.39 Å². The minimum Gasteiger partial charge on any atom is -0.346 e. The molecule has 2 aliphatic rings. The van der Waals surface area contributed by atoms with Crippen molar-refractivity contribution in [1.29, 1.82) is 0 Å². The summed E-state index contributed by atoms with van der Waals surface area (Å²) in [5, 5.41) is 1.10. The Balaban J connectivity index is 1.61. The fourth-order valence-electron chi connectivity index (χ4n) is 4.97. The van der Waals surface area contributed by atoms with Gasteiger partial charge < -0.3 is 14.5 Å².